The lowest BCUT2D eigenvalue weighted by molar-refractivity contribution is 0.616. The van der Waals surface area contributed by atoms with Gasteiger partial charge in [0.2, 0.25) is 5.70 Å². The lowest BCUT2D eigenvalue weighted by Crippen LogP contribution is -2.01. The number of nitrogens with zero attached hydrogens (tertiary/aromatic N) is 10. The molecule has 0 spiro atoms. The lowest BCUT2D eigenvalue weighted by atomic mass is 9.91. The molecule has 5 rings (SSSR count). The Morgan fingerprint density at radius 3 is 1.84 bits per heavy atom. The van der Waals surface area contributed by atoms with Gasteiger partial charge >= 0.3 is 0 Å². The van der Waals surface area contributed by atoms with Crippen molar-refractivity contribution in [2.24, 2.45) is 0 Å². The number of nitriles is 4. The molecule has 0 fully saturated rings. The van der Waals surface area contributed by atoms with E-state index in [-0.39, 0.29) is 28.2 Å². The van der Waals surface area contributed by atoms with Crippen LogP contribution in [0, 0.1) is 89.1 Å². The fourth-order valence-corrected chi connectivity index (χ4v) is 5.17. The Morgan fingerprint density at radius 1 is 0.667 bits per heavy atom. The van der Waals surface area contributed by atoms with E-state index < -0.39 is 79.1 Å². The van der Waals surface area contributed by atoms with Crippen molar-refractivity contribution in [3.8, 4) is 24.3 Å². The van der Waals surface area contributed by atoms with Crippen molar-refractivity contribution in [1.29, 1.82) is 21.0 Å². The number of hydrogen-bond donors (Lipinski definition) is 0. The number of pyridine rings is 2. The zero-order valence-electron chi connectivity index (χ0n) is 22.0. The molecule has 0 saturated carbocycles. The summed E-state index contributed by atoms with van der Waals surface area (Å²) >= 11 is 0. The van der Waals surface area contributed by atoms with Crippen molar-refractivity contribution in [1.82, 2.24) is 9.97 Å². The SMILES string of the molecule is [C-]#[N+]C1=C(c2cc([N+]#[C-])ncc2F)/C(=C(/C#N)[N+]#[C-])c2cc3c(c(F)c21)/C(=C(/C#N)[N+]#[C-])C(c1cc(C#N)ncc1F)=C3C#N. The predicted octanol–water partition coefficient (Wildman–Crippen LogP) is 6.87. The zero-order valence-corrected chi connectivity index (χ0v) is 22.0. The molecule has 0 aliphatic heterocycles. The second-order valence-corrected chi connectivity index (χ2v) is 8.92. The van der Waals surface area contributed by atoms with E-state index in [9.17, 15) is 21.0 Å². The van der Waals surface area contributed by atoms with E-state index in [0.29, 0.717) is 12.4 Å². The van der Waals surface area contributed by atoms with Gasteiger partial charge in [0.05, 0.1) is 43.6 Å². The minimum atomic E-state index is -1.28. The first-order valence-electron chi connectivity index (χ1n) is 12.0. The van der Waals surface area contributed by atoms with Crippen molar-refractivity contribution in [3.05, 3.63) is 144 Å². The topological polar surface area (TPSA) is 138 Å². The fraction of sp³-hybridized carbons (Fsp3) is 0. The van der Waals surface area contributed by atoms with Crippen LogP contribution in [0.1, 0.15) is 39.1 Å². The maximum Gasteiger partial charge on any atom is 0.270 e. The molecule has 0 atom stereocenters. The van der Waals surface area contributed by atoms with Crippen molar-refractivity contribution in [3.63, 3.8) is 0 Å². The monoisotopic (exact) mass is 586 g/mol. The Balaban J connectivity index is 2.02. The fourth-order valence-electron chi connectivity index (χ4n) is 5.17. The first-order chi connectivity index (χ1) is 21.7. The third-order valence-corrected chi connectivity index (χ3v) is 6.88. The number of allylic oxidation sites excluding steroid dienone is 7. The highest BCUT2D eigenvalue weighted by Gasteiger charge is 2.41. The molecule has 0 saturated heterocycles. The van der Waals surface area contributed by atoms with Crippen molar-refractivity contribution < 1.29 is 13.2 Å². The Bertz CT molecular complexity index is 2410. The van der Waals surface area contributed by atoms with E-state index in [1.165, 1.54) is 0 Å². The van der Waals surface area contributed by atoms with Crippen molar-refractivity contribution in [2.45, 2.75) is 0 Å². The largest absolute Gasteiger partial charge is 0.361 e. The number of fused-ring (bicyclic) bond motifs is 2. The van der Waals surface area contributed by atoms with Gasteiger partial charge in [-0.2, -0.15) is 10.5 Å². The van der Waals surface area contributed by atoms with Gasteiger partial charge in [0.15, 0.2) is 12.0 Å². The molecule has 0 N–H and O–H groups in total. The molecule has 204 valence electrons. The van der Waals surface area contributed by atoms with E-state index in [0.717, 1.165) is 18.2 Å². The molecule has 13 heteroatoms. The first-order valence-corrected chi connectivity index (χ1v) is 12.0. The van der Waals surface area contributed by atoms with Crippen LogP contribution in [-0.2, 0) is 0 Å². The summed E-state index contributed by atoms with van der Waals surface area (Å²) in [6.45, 7) is 30.3. The van der Waals surface area contributed by atoms with Gasteiger partial charge in [-0.1, -0.05) is 6.57 Å². The molecule has 0 unspecified atom stereocenters. The normalized spacial score (nSPS) is 14.7. The molecular weight excluding hydrogens is 581 g/mol. The molecule has 0 amide bonds. The molecule has 0 bridgehead atoms. The summed E-state index contributed by atoms with van der Waals surface area (Å²) < 4.78 is 47.4. The molecule has 2 aliphatic carbocycles. The van der Waals surface area contributed by atoms with Crippen LogP contribution in [0.2, 0.25) is 0 Å². The second-order valence-electron chi connectivity index (χ2n) is 8.92. The second kappa shape index (κ2) is 10.9. The quantitative estimate of drug-likeness (QED) is 0.237. The van der Waals surface area contributed by atoms with Gasteiger partial charge in [-0.3, -0.25) is 0 Å². The molecule has 2 heterocycles. The molecule has 1 aromatic carbocycles. The third kappa shape index (κ3) is 4.05. The highest BCUT2D eigenvalue weighted by molar-refractivity contribution is 6.29. The average molecular weight is 586 g/mol. The zero-order chi connectivity index (χ0) is 32.6. The minimum absolute atomic E-state index is 0.275. The Labute approximate surface area is 252 Å². The van der Waals surface area contributed by atoms with Crippen LogP contribution in [-0.4, -0.2) is 9.97 Å². The number of halogens is 3. The van der Waals surface area contributed by atoms with E-state index >= 15 is 13.2 Å². The number of benzene rings is 1. The van der Waals surface area contributed by atoms with Gasteiger partial charge in [-0.05, 0) is 34.9 Å². The number of aromatic nitrogens is 2. The number of hydrogen-bond acceptors (Lipinski definition) is 6. The predicted molar refractivity (Wildman–Crippen MR) is 150 cm³/mol. The third-order valence-electron chi connectivity index (χ3n) is 6.88. The highest BCUT2D eigenvalue weighted by atomic mass is 19.1. The Hall–Kier alpha value is -7.81. The average Bonchev–Trinajstić information content (AvgIpc) is 3.56. The molecule has 0 radical (unpaired) electrons. The van der Waals surface area contributed by atoms with Gasteiger partial charge in [0, 0.05) is 39.0 Å². The van der Waals surface area contributed by atoms with Crippen molar-refractivity contribution >= 4 is 39.4 Å². The Kier molecular flexibility index (Phi) is 6.94. The van der Waals surface area contributed by atoms with Crippen LogP contribution in [0.5, 0.6) is 0 Å². The standard InChI is InChI=1S/C32H5F3N10/c1-40-22(10-38)26-18-6-15-19(9-37)25(16-5-14(8-36)44-12-20(16)33)30(23(11-39)41-2)27(15)31(35)29(18)32(43-4)28(26)17-7-24(42-3)45-13-21(17)34/h5-7,12-13H/b26-22-,30-23-. The summed E-state index contributed by atoms with van der Waals surface area (Å²) in [7, 11) is 0. The summed E-state index contributed by atoms with van der Waals surface area (Å²) in [6.07, 6.45) is 1.37. The number of rotatable bonds is 2. The molecule has 2 aliphatic rings. The molecule has 2 aromatic heterocycles. The smallest absolute Gasteiger partial charge is 0.270 e. The van der Waals surface area contributed by atoms with Crippen LogP contribution in [0.15, 0.2) is 42.0 Å². The maximum absolute atomic E-state index is 17.0. The van der Waals surface area contributed by atoms with E-state index in [1.54, 1.807) is 18.2 Å². The Morgan fingerprint density at radius 2 is 1.29 bits per heavy atom. The van der Waals surface area contributed by atoms with Gasteiger partial charge < -0.3 is 4.85 Å². The maximum atomic E-state index is 17.0. The molecule has 10 nitrogen and oxygen atoms in total. The highest BCUT2D eigenvalue weighted by Crippen LogP contribution is 2.56. The van der Waals surface area contributed by atoms with Crippen LogP contribution in [0.25, 0.3) is 52.9 Å². The summed E-state index contributed by atoms with van der Waals surface area (Å²) in [5.74, 6) is -3.71. The van der Waals surface area contributed by atoms with Gasteiger partial charge in [0.1, 0.15) is 29.5 Å². The molecule has 45 heavy (non-hydrogen) atoms. The lowest BCUT2D eigenvalue weighted by Gasteiger charge is -2.13. The summed E-state index contributed by atoms with van der Waals surface area (Å²) in [4.78, 5) is 20.1. The molecular formula is C32H5F3N10. The van der Waals surface area contributed by atoms with Crippen LogP contribution >= 0.6 is 0 Å². The van der Waals surface area contributed by atoms with Crippen LogP contribution in [0.3, 0.4) is 0 Å². The summed E-state index contributed by atoms with van der Waals surface area (Å²) in [5, 5.41) is 39.3. The van der Waals surface area contributed by atoms with Crippen LogP contribution < -0.4 is 0 Å². The van der Waals surface area contributed by atoms with E-state index in [4.69, 9.17) is 26.3 Å². The van der Waals surface area contributed by atoms with Gasteiger partial charge in [-0.15, -0.1) is 4.98 Å². The van der Waals surface area contributed by atoms with Crippen LogP contribution in [0.4, 0.5) is 19.0 Å². The molecule has 3 aromatic rings. The summed E-state index contributed by atoms with van der Waals surface area (Å²) in [5.41, 5.74) is -6.93. The van der Waals surface area contributed by atoms with E-state index in [1.807, 2.05) is 6.07 Å². The van der Waals surface area contributed by atoms with Crippen molar-refractivity contribution in [2.75, 3.05) is 0 Å². The van der Waals surface area contributed by atoms with Gasteiger partial charge in [0.25, 0.3) is 17.2 Å². The summed E-state index contributed by atoms with van der Waals surface area (Å²) in [6, 6.07) is 9.86. The van der Waals surface area contributed by atoms with E-state index in [2.05, 4.69) is 29.3 Å². The first kappa shape index (κ1) is 28.7. The van der Waals surface area contributed by atoms with Gasteiger partial charge in [-0.25, -0.2) is 43.2 Å². The minimum Gasteiger partial charge on any atom is -0.361 e.